The molecule has 11 heavy (non-hydrogen) atoms. The van der Waals surface area contributed by atoms with E-state index in [9.17, 15) is 0 Å². The van der Waals surface area contributed by atoms with Gasteiger partial charge in [-0.05, 0) is 11.6 Å². The lowest BCUT2D eigenvalue weighted by Crippen LogP contribution is -3.00. The molecule has 0 atom stereocenters. The molecule has 0 aliphatic heterocycles. The highest BCUT2D eigenvalue weighted by molar-refractivity contribution is 6.28. The van der Waals surface area contributed by atoms with Gasteiger partial charge in [0.1, 0.15) is 6.20 Å². The minimum absolute atomic E-state index is 0. The SMILES string of the molecule is COC[n+]1cnccc1Cl.[Br-]. The van der Waals surface area contributed by atoms with Gasteiger partial charge in [0.05, 0.1) is 0 Å². The smallest absolute Gasteiger partial charge is 0.289 e. The third-order valence-electron chi connectivity index (χ3n) is 1.05. The summed E-state index contributed by atoms with van der Waals surface area (Å²) in [7, 11) is 1.61. The van der Waals surface area contributed by atoms with Crippen molar-refractivity contribution in [3.8, 4) is 0 Å². The van der Waals surface area contributed by atoms with Crippen LogP contribution in [0.25, 0.3) is 0 Å². The minimum Gasteiger partial charge on any atom is -1.00 e. The zero-order valence-corrected chi connectivity index (χ0v) is 8.34. The molecule has 62 valence electrons. The van der Waals surface area contributed by atoms with E-state index in [1.807, 2.05) is 0 Å². The molecule has 1 rings (SSSR count). The topological polar surface area (TPSA) is 26.0 Å². The molecule has 0 fully saturated rings. The molecule has 0 unspecified atom stereocenters. The summed E-state index contributed by atoms with van der Waals surface area (Å²) in [6.07, 6.45) is 3.25. The maximum Gasteiger partial charge on any atom is 0.289 e. The predicted octanol–water partition coefficient (Wildman–Crippen LogP) is -2.37. The highest BCUT2D eigenvalue weighted by atomic mass is 79.9. The van der Waals surface area contributed by atoms with Gasteiger partial charge in [-0.3, -0.25) is 0 Å². The molecule has 0 bridgehead atoms. The van der Waals surface area contributed by atoms with Gasteiger partial charge in [0, 0.05) is 13.2 Å². The van der Waals surface area contributed by atoms with Crippen molar-refractivity contribution < 1.29 is 26.3 Å². The fourth-order valence-corrected chi connectivity index (χ4v) is 0.757. The van der Waals surface area contributed by atoms with E-state index in [1.165, 1.54) is 0 Å². The van der Waals surface area contributed by atoms with Crippen molar-refractivity contribution in [2.75, 3.05) is 7.11 Å². The summed E-state index contributed by atoms with van der Waals surface area (Å²) >= 11 is 5.75. The van der Waals surface area contributed by atoms with Crippen LogP contribution in [0, 0.1) is 0 Å². The second-order valence-corrected chi connectivity index (χ2v) is 2.18. The lowest BCUT2D eigenvalue weighted by molar-refractivity contribution is -0.731. The normalized spacial score (nSPS) is 8.91. The molecular formula is C6H8BrClN2O. The Bertz CT molecular complexity index is 221. The van der Waals surface area contributed by atoms with Crippen LogP contribution in [0.3, 0.4) is 0 Å². The number of ether oxygens (including phenoxy) is 1. The number of aromatic nitrogens is 2. The molecule has 1 aromatic rings. The molecule has 0 aromatic carbocycles. The highest BCUT2D eigenvalue weighted by Gasteiger charge is 2.00. The van der Waals surface area contributed by atoms with Crippen LogP contribution in [0.4, 0.5) is 0 Å². The van der Waals surface area contributed by atoms with E-state index in [1.54, 1.807) is 30.3 Å². The average molecular weight is 239 g/mol. The summed E-state index contributed by atoms with van der Waals surface area (Å²) in [5.41, 5.74) is 0. The van der Waals surface area contributed by atoms with Crippen LogP contribution >= 0.6 is 11.6 Å². The summed E-state index contributed by atoms with van der Waals surface area (Å²) in [5, 5.41) is 0.622. The Kier molecular flexibility index (Phi) is 5.36. The molecule has 0 radical (unpaired) electrons. The predicted molar refractivity (Wildman–Crippen MR) is 36.5 cm³/mol. The first-order valence-electron chi connectivity index (χ1n) is 2.82. The molecule has 0 aliphatic carbocycles. The molecule has 0 spiro atoms. The molecule has 0 saturated carbocycles. The van der Waals surface area contributed by atoms with Crippen LogP contribution in [0.15, 0.2) is 18.6 Å². The average Bonchev–Trinajstić information content (AvgIpc) is 1.94. The van der Waals surface area contributed by atoms with Crippen molar-refractivity contribution in [3.63, 3.8) is 0 Å². The Labute approximate surface area is 80.7 Å². The van der Waals surface area contributed by atoms with Crippen LogP contribution < -0.4 is 21.5 Å². The number of nitrogens with zero attached hydrogens (tertiary/aromatic N) is 2. The molecule has 3 nitrogen and oxygen atoms in total. The number of hydrogen-bond acceptors (Lipinski definition) is 2. The van der Waals surface area contributed by atoms with Crippen LogP contribution in [-0.4, -0.2) is 12.1 Å². The lowest BCUT2D eigenvalue weighted by Gasteiger charge is -1.96. The largest absolute Gasteiger partial charge is 1.00 e. The standard InChI is InChI=1S/C6H8ClN2O.BrH/c1-10-5-9-4-8-3-2-6(9)7;/h2-4H,5H2,1H3;1H/q+1;/p-1. The highest BCUT2D eigenvalue weighted by Crippen LogP contribution is 1.95. The zero-order chi connectivity index (χ0) is 7.40. The molecule has 0 saturated heterocycles. The first kappa shape index (κ1) is 10.8. The van der Waals surface area contributed by atoms with E-state index in [0.29, 0.717) is 11.9 Å². The van der Waals surface area contributed by atoms with Gasteiger partial charge in [0.25, 0.3) is 6.33 Å². The summed E-state index contributed by atoms with van der Waals surface area (Å²) in [6.45, 7) is 0.437. The van der Waals surface area contributed by atoms with E-state index in [-0.39, 0.29) is 17.0 Å². The van der Waals surface area contributed by atoms with Gasteiger partial charge in [-0.2, -0.15) is 4.57 Å². The first-order chi connectivity index (χ1) is 4.84. The Morgan fingerprint density at radius 2 is 2.45 bits per heavy atom. The van der Waals surface area contributed by atoms with E-state index in [0.717, 1.165) is 0 Å². The Morgan fingerprint density at radius 1 is 1.73 bits per heavy atom. The maximum atomic E-state index is 5.75. The van der Waals surface area contributed by atoms with Crippen molar-refractivity contribution in [1.29, 1.82) is 0 Å². The van der Waals surface area contributed by atoms with Crippen LogP contribution in [0.1, 0.15) is 0 Å². The Hall–Kier alpha value is -0.190. The number of halogens is 2. The fraction of sp³-hybridized carbons (Fsp3) is 0.333. The van der Waals surface area contributed by atoms with E-state index in [2.05, 4.69) is 4.98 Å². The third-order valence-corrected chi connectivity index (χ3v) is 1.39. The van der Waals surface area contributed by atoms with Gasteiger partial charge >= 0.3 is 0 Å². The summed E-state index contributed by atoms with van der Waals surface area (Å²) in [4.78, 5) is 3.86. The Morgan fingerprint density at radius 3 is 3.00 bits per heavy atom. The van der Waals surface area contributed by atoms with Crippen LogP contribution in [0.5, 0.6) is 0 Å². The van der Waals surface area contributed by atoms with Gasteiger partial charge < -0.3 is 21.7 Å². The lowest BCUT2D eigenvalue weighted by atomic mass is 10.7. The zero-order valence-electron chi connectivity index (χ0n) is 6.00. The third kappa shape index (κ3) is 3.14. The van der Waals surface area contributed by atoms with Crippen molar-refractivity contribution in [1.82, 2.24) is 4.98 Å². The van der Waals surface area contributed by atoms with Crippen LogP contribution in [0.2, 0.25) is 5.15 Å². The minimum atomic E-state index is 0. The first-order valence-corrected chi connectivity index (χ1v) is 3.20. The van der Waals surface area contributed by atoms with E-state index in [4.69, 9.17) is 16.3 Å². The van der Waals surface area contributed by atoms with Gasteiger partial charge in [-0.25, -0.2) is 0 Å². The van der Waals surface area contributed by atoms with E-state index < -0.39 is 0 Å². The maximum absolute atomic E-state index is 5.75. The van der Waals surface area contributed by atoms with Crippen molar-refractivity contribution >= 4 is 11.6 Å². The number of rotatable bonds is 2. The monoisotopic (exact) mass is 238 g/mol. The van der Waals surface area contributed by atoms with Crippen molar-refractivity contribution in [3.05, 3.63) is 23.7 Å². The Balaban J connectivity index is 0.000001000. The second kappa shape index (κ2) is 5.46. The number of methoxy groups -OCH3 is 1. The van der Waals surface area contributed by atoms with Gasteiger partial charge in [-0.1, -0.05) is 4.98 Å². The van der Waals surface area contributed by atoms with Crippen molar-refractivity contribution in [2.24, 2.45) is 0 Å². The summed E-state index contributed by atoms with van der Waals surface area (Å²) in [5.74, 6) is 0. The number of hydrogen-bond donors (Lipinski definition) is 0. The molecular weight excluding hydrogens is 231 g/mol. The van der Waals surface area contributed by atoms with Gasteiger partial charge in [0.15, 0.2) is 6.73 Å². The van der Waals surface area contributed by atoms with Crippen molar-refractivity contribution in [2.45, 2.75) is 6.73 Å². The molecule has 1 heterocycles. The fourth-order valence-electron chi connectivity index (χ4n) is 0.608. The molecule has 0 N–H and O–H groups in total. The van der Waals surface area contributed by atoms with Crippen LogP contribution in [-0.2, 0) is 11.5 Å². The summed E-state index contributed by atoms with van der Waals surface area (Å²) in [6, 6.07) is 1.71. The second-order valence-electron chi connectivity index (χ2n) is 1.79. The quantitative estimate of drug-likeness (QED) is 0.426. The molecule has 0 aliphatic rings. The molecule has 1 aromatic heterocycles. The van der Waals surface area contributed by atoms with Gasteiger partial charge in [-0.15, -0.1) is 0 Å². The molecule has 5 heteroatoms. The molecule has 0 amide bonds. The van der Waals surface area contributed by atoms with Gasteiger partial charge in [0.2, 0.25) is 5.15 Å². The van der Waals surface area contributed by atoms with E-state index >= 15 is 0 Å². The summed E-state index contributed by atoms with van der Waals surface area (Å²) < 4.78 is 6.54.